The highest BCUT2D eigenvalue weighted by Gasteiger charge is 2.71. The summed E-state index contributed by atoms with van der Waals surface area (Å²) in [6.45, 7) is 20.0. The predicted octanol–water partition coefficient (Wildman–Crippen LogP) is 8.89. The highest BCUT2D eigenvalue weighted by molar-refractivity contribution is 9.09. The Kier molecular flexibility index (Phi) is 8.29. The molecule has 0 aromatic carbocycles. The van der Waals surface area contributed by atoms with E-state index in [0.717, 1.165) is 25.7 Å². The Balaban J connectivity index is 1.47. The molecule has 0 aromatic heterocycles. The first-order valence-electron chi connectivity index (χ1n) is 15.8. The summed E-state index contributed by atoms with van der Waals surface area (Å²) in [5, 5.41) is 0.538. The van der Waals surface area contributed by atoms with E-state index < -0.39 is 0 Å². The molecular formula is C34H52Br2O4. The van der Waals surface area contributed by atoms with Crippen LogP contribution in [-0.2, 0) is 19.1 Å². The van der Waals surface area contributed by atoms with E-state index in [1.165, 1.54) is 44.1 Å². The number of alkyl halides is 2. The van der Waals surface area contributed by atoms with Crippen molar-refractivity contribution in [2.24, 2.45) is 56.7 Å². The first kappa shape index (κ1) is 31.1. The lowest BCUT2D eigenvalue weighted by Gasteiger charge is -2.73. The molecule has 0 aliphatic heterocycles. The molecule has 5 saturated carbocycles. The third kappa shape index (κ3) is 4.44. The van der Waals surface area contributed by atoms with Crippen molar-refractivity contribution in [2.75, 3.05) is 17.3 Å². The van der Waals surface area contributed by atoms with E-state index in [-0.39, 0.29) is 55.8 Å². The fourth-order valence-corrected chi connectivity index (χ4v) is 12.5. The molecule has 4 nitrogen and oxygen atoms in total. The van der Waals surface area contributed by atoms with Crippen molar-refractivity contribution in [1.82, 2.24) is 0 Å². The zero-order chi connectivity index (χ0) is 29.3. The maximum Gasteiger partial charge on any atom is 0.316 e. The lowest BCUT2D eigenvalue weighted by Crippen LogP contribution is -2.67. The zero-order valence-corrected chi connectivity index (χ0v) is 28.9. The number of allylic oxidation sites excluding steroid dienone is 1. The van der Waals surface area contributed by atoms with E-state index in [1.54, 1.807) is 0 Å². The van der Waals surface area contributed by atoms with Crippen molar-refractivity contribution in [1.29, 1.82) is 0 Å². The Morgan fingerprint density at radius 1 is 0.800 bits per heavy atom. The van der Waals surface area contributed by atoms with Crippen LogP contribution in [0.1, 0.15) is 106 Å². The van der Waals surface area contributed by atoms with Gasteiger partial charge in [-0.15, -0.1) is 0 Å². The lowest BCUT2D eigenvalue weighted by atomic mass is 9.32. The highest BCUT2D eigenvalue weighted by atomic mass is 79.9. The second kappa shape index (κ2) is 10.7. The summed E-state index contributed by atoms with van der Waals surface area (Å²) < 4.78 is 11.9. The minimum Gasteiger partial charge on any atom is -0.464 e. The van der Waals surface area contributed by atoms with Gasteiger partial charge in [0.15, 0.2) is 0 Å². The number of hydrogen-bond donors (Lipinski definition) is 0. The standard InChI is InChI=1S/C34H52Br2O4/c1-21(2)22-10-15-34(20-39-27(37)18-35)17-16-32(6)23(29(22)34)8-9-25-31(5)13-12-26(40-28(38)19-36)30(3,4)24(31)11-14-33(25,32)7/h22-26,29H,1,8-20H2,2-7H3/t22-,23?,24?,25?,26-,29?,31-,32+,33+,34+/m0/s1. The van der Waals surface area contributed by atoms with Gasteiger partial charge in [-0.2, -0.15) is 0 Å². The van der Waals surface area contributed by atoms with E-state index in [4.69, 9.17) is 9.47 Å². The Bertz CT molecular complexity index is 1040. The molecule has 5 rings (SSSR count). The molecule has 5 aliphatic rings. The quantitative estimate of drug-likeness (QED) is 0.159. The fraction of sp³-hybridized carbons (Fsp3) is 0.882. The predicted molar refractivity (Wildman–Crippen MR) is 167 cm³/mol. The molecule has 5 aliphatic carbocycles. The summed E-state index contributed by atoms with van der Waals surface area (Å²) in [5.41, 5.74) is 2.18. The van der Waals surface area contributed by atoms with Crippen LogP contribution in [-0.4, -0.2) is 35.3 Å². The number of carbonyl (C=O) groups excluding carboxylic acids is 2. The van der Waals surface area contributed by atoms with Crippen molar-refractivity contribution >= 4 is 43.8 Å². The zero-order valence-electron chi connectivity index (χ0n) is 25.8. The molecule has 40 heavy (non-hydrogen) atoms. The van der Waals surface area contributed by atoms with Gasteiger partial charge < -0.3 is 9.47 Å². The van der Waals surface area contributed by atoms with Gasteiger partial charge >= 0.3 is 11.9 Å². The van der Waals surface area contributed by atoms with Crippen LogP contribution in [0.15, 0.2) is 12.2 Å². The van der Waals surface area contributed by atoms with Gasteiger partial charge in [0.2, 0.25) is 0 Å². The van der Waals surface area contributed by atoms with Gasteiger partial charge in [0.05, 0.1) is 6.61 Å². The molecule has 0 N–H and O–H groups in total. The van der Waals surface area contributed by atoms with Crippen molar-refractivity contribution < 1.29 is 19.1 Å². The first-order valence-corrected chi connectivity index (χ1v) is 18.1. The van der Waals surface area contributed by atoms with Crippen LogP contribution in [0.2, 0.25) is 0 Å². The molecule has 0 amide bonds. The van der Waals surface area contributed by atoms with Gasteiger partial charge in [-0.3, -0.25) is 9.59 Å². The summed E-state index contributed by atoms with van der Waals surface area (Å²) in [6, 6.07) is 0. The third-order valence-corrected chi connectivity index (χ3v) is 15.1. The largest absolute Gasteiger partial charge is 0.464 e. The Morgan fingerprint density at radius 2 is 1.50 bits per heavy atom. The number of hydrogen-bond acceptors (Lipinski definition) is 4. The average molecular weight is 685 g/mol. The molecule has 0 spiro atoms. The van der Waals surface area contributed by atoms with Crippen molar-refractivity contribution in [3.05, 3.63) is 12.2 Å². The molecule has 4 unspecified atom stereocenters. The molecular weight excluding hydrogens is 632 g/mol. The normalized spacial score (nSPS) is 47.2. The van der Waals surface area contributed by atoms with Crippen LogP contribution in [0.25, 0.3) is 0 Å². The SMILES string of the molecule is C=C(C)[C@@H]1CC[C@]2(COC(=O)CBr)CC[C@]3(C)C(CCC4[C@@]5(C)CC[C@H](OC(=O)CBr)C(C)(C)C5CC[C@]43C)C12. The molecule has 10 atom stereocenters. The lowest BCUT2D eigenvalue weighted by molar-refractivity contribution is -0.251. The third-order valence-electron chi connectivity index (χ3n) is 14.2. The Hall–Kier alpha value is -0.360. The second-order valence-corrected chi connectivity index (χ2v) is 16.9. The minimum absolute atomic E-state index is 0.000696. The fourth-order valence-electron chi connectivity index (χ4n) is 12.2. The summed E-state index contributed by atoms with van der Waals surface area (Å²) in [7, 11) is 0. The Morgan fingerprint density at radius 3 is 2.15 bits per heavy atom. The van der Waals surface area contributed by atoms with E-state index in [0.29, 0.717) is 36.2 Å². The van der Waals surface area contributed by atoms with Crippen molar-refractivity contribution in [3.8, 4) is 0 Å². The average Bonchev–Trinajstić information content (AvgIpc) is 3.29. The van der Waals surface area contributed by atoms with Gasteiger partial charge in [0.25, 0.3) is 0 Å². The van der Waals surface area contributed by atoms with Gasteiger partial charge in [0.1, 0.15) is 16.8 Å². The number of ether oxygens (including phenoxy) is 2. The van der Waals surface area contributed by atoms with Crippen LogP contribution in [0, 0.1) is 56.7 Å². The second-order valence-electron chi connectivity index (χ2n) is 15.8. The summed E-state index contributed by atoms with van der Waals surface area (Å²) in [6.07, 6.45) is 11.8. The maximum absolute atomic E-state index is 12.3. The minimum atomic E-state index is -0.137. The van der Waals surface area contributed by atoms with Crippen LogP contribution < -0.4 is 0 Å². The number of esters is 2. The summed E-state index contributed by atoms with van der Waals surface area (Å²) in [4.78, 5) is 24.5. The van der Waals surface area contributed by atoms with Crippen LogP contribution >= 0.6 is 31.9 Å². The van der Waals surface area contributed by atoms with Gasteiger partial charge in [0, 0.05) is 10.8 Å². The molecule has 0 radical (unpaired) electrons. The smallest absolute Gasteiger partial charge is 0.316 e. The molecule has 0 heterocycles. The maximum atomic E-state index is 12.3. The number of carbonyl (C=O) groups is 2. The van der Waals surface area contributed by atoms with E-state index >= 15 is 0 Å². The van der Waals surface area contributed by atoms with Gasteiger partial charge in [-0.05, 0) is 117 Å². The number of fused-ring (bicyclic) bond motifs is 7. The highest BCUT2D eigenvalue weighted by Crippen LogP contribution is 2.77. The van der Waals surface area contributed by atoms with E-state index in [9.17, 15) is 9.59 Å². The van der Waals surface area contributed by atoms with Crippen LogP contribution in [0.3, 0.4) is 0 Å². The van der Waals surface area contributed by atoms with Gasteiger partial charge in [-0.1, -0.05) is 78.6 Å². The summed E-state index contributed by atoms with van der Waals surface area (Å²) in [5.74, 6) is 2.67. The first-order chi connectivity index (χ1) is 18.7. The molecule has 226 valence electrons. The van der Waals surface area contributed by atoms with Crippen molar-refractivity contribution in [3.63, 3.8) is 0 Å². The molecule has 5 fully saturated rings. The van der Waals surface area contributed by atoms with Crippen LogP contribution in [0.5, 0.6) is 0 Å². The molecule has 0 bridgehead atoms. The monoisotopic (exact) mass is 682 g/mol. The van der Waals surface area contributed by atoms with Crippen molar-refractivity contribution in [2.45, 2.75) is 112 Å². The van der Waals surface area contributed by atoms with Crippen LogP contribution in [0.4, 0.5) is 0 Å². The van der Waals surface area contributed by atoms with Gasteiger partial charge in [-0.25, -0.2) is 0 Å². The van der Waals surface area contributed by atoms with E-state index in [1.807, 2.05) is 0 Å². The number of rotatable bonds is 6. The molecule has 0 aromatic rings. The summed E-state index contributed by atoms with van der Waals surface area (Å²) >= 11 is 6.60. The molecule has 0 saturated heterocycles. The Labute approximate surface area is 259 Å². The topological polar surface area (TPSA) is 52.6 Å². The number of halogens is 2. The van der Waals surface area contributed by atoms with E-state index in [2.05, 4.69) is 80.0 Å². The molecule has 6 heteroatoms.